The lowest BCUT2D eigenvalue weighted by Gasteiger charge is -2.26. The second-order valence-corrected chi connectivity index (χ2v) is 9.95. The van der Waals surface area contributed by atoms with Crippen molar-refractivity contribution >= 4 is 18.0 Å². The Bertz CT molecular complexity index is 1020. The van der Waals surface area contributed by atoms with Crippen LogP contribution in [0.1, 0.15) is 64.0 Å². The lowest BCUT2D eigenvalue weighted by molar-refractivity contribution is -0.147. The molecular weight excluding hydrogens is 444 g/mol. The van der Waals surface area contributed by atoms with E-state index in [1.54, 1.807) is 6.92 Å². The highest BCUT2D eigenvalue weighted by Crippen LogP contribution is 2.44. The van der Waals surface area contributed by atoms with E-state index in [0.29, 0.717) is 12.3 Å². The molecule has 35 heavy (non-hydrogen) atoms. The lowest BCUT2D eigenvalue weighted by atomic mass is 9.92. The van der Waals surface area contributed by atoms with Crippen molar-refractivity contribution in [2.75, 3.05) is 13.2 Å². The molecule has 0 radical (unpaired) electrons. The van der Waals surface area contributed by atoms with E-state index < -0.39 is 17.6 Å². The molecular formula is C28H36N2O5. The number of rotatable bonds is 11. The molecule has 2 amide bonds. The van der Waals surface area contributed by atoms with Gasteiger partial charge in [0.2, 0.25) is 5.91 Å². The van der Waals surface area contributed by atoms with Crippen LogP contribution in [-0.4, -0.2) is 41.8 Å². The number of carboxylic acid groups (broad SMARTS) is 1. The van der Waals surface area contributed by atoms with Crippen LogP contribution in [0.3, 0.4) is 0 Å². The molecule has 0 fully saturated rings. The summed E-state index contributed by atoms with van der Waals surface area (Å²) >= 11 is 0. The zero-order chi connectivity index (χ0) is 25.6. The first kappa shape index (κ1) is 26.3. The van der Waals surface area contributed by atoms with Gasteiger partial charge in [-0.25, -0.2) is 9.59 Å². The number of benzene rings is 2. The van der Waals surface area contributed by atoms with E-state index in [1.165, 1.54) is 18.1 Å². The van der Waals surface area contributed by atoms with E-state index in [2.05, 4.69) is 34.9 Å². The molecule has 7 nitrogen and oxygen atoms in total. The van der Waals surface area contributed by atoms with E-state index >= 15 is 0 Å². The molecule has 3 rings (SSSR count). The van der Waals surface area contributed by atoms with Gasteiger partial charge in [0.25, 0.3) is 0 Å². The lowest BCUT2D eigenvalue weighted by Crippen LogP contribution is -2.52. The summed E-state index contributed by atoms with van der Waals surface area (Å²) in [5.41, 5.74) is 3.32. The summed E-state index contributed by atoms with van der Waals surface area (Å²) < 4.78 is 5.60. The van der Waals surface area contributed by atoms with Crippen LogP contribution in [0.15, 0.2) is 48.5 Å². The molecule has 0 saturated heterocycles. The van der Waals surface area contributed by atoms with E-state index in [0.717, 1.165) is 11.1 Å². The second kappa shape index (κ2) is 11.4. The molecule has 1 aliphatic carbocycles. The maximum atomic E-state index is 12.6. The minimum atomic E-state index is -1.31. The molecule has 0 heterocycles. The van der Waals surface area contributed by atoms with Crippen molar-refractivity contribution in [1.82, 2.24) is 10.6 Å². The predicted molar refractivity (Wildman–Crippen MR) is 135 cm³/mol. The third kappa shape index (κ3) is 6.41. The molecule has 0 aliphatic heterocycles. The van der Waals surface area contributed by atoms with Gasteiger partial charge in [0.1, 0.15) is 12.1 Å². The topological polar surface area (TPSA) is 105 Å². The maximum Gasteiger partial charge on any atom is 0.407 e. The largest absolute Gasteiger partial charge is 0.480 e. The summed E-state index contributed by atoms with van der Waals surface area (Å²) in [6.45, 7) is 7.82. The van der Waals surface area contributed by atoms with Gasteiger partial charge in [0.15, 0.2) is 0 Å². The molecule has 2 aromatic carbocycles. The molecule has 0 aromatic heterocycles. The van der Waals surface area contributed by atoms with Crippen LogP contribution in [0.25, 0.3) is 11.1 Å². The Kier molecular flexibility index (Phi) is 8.54. The molecule has 188 valence electrons. The molecule has 0 spiro atoms. The van der Waals surface area contributed by atoms with Crippen LogP contribution in [0.2, 0.25) is 0 Å². The second-order valence-electron chi connectivity index (χ2n) is 9.95. The van der Waals surface area contributed by atoms with E-state index in [4.69, 9.17) is 4.74 Å². The number of carboxylic acids is 1. The van der Waals surface area contributed by atoms with Crippen molar-refractivity contribution in [1.29, 1.82) is 0 Å². The van der Waals surface area contributed by atoms with Crippen molar-refractivity contribution in [3.63, 3.8) is 0 Å². The maximum absolute atomic E-state index is 12.6. The van der Waals surface area contributed by atoms with E-state index in [1.807, 2.05) is 38.1 Å². The SMILES string of the molecule is CCC(C)(NC(=O)CC(CNC(=O)OCC1c2ccccc2-c2ccccc21)CC(C)C)C(=O)O. The molecule has 1 aliphatic rings. The van der Waals surface area contributed by atoms with Crippen LogP contribution in [0.5, 0.6) is 0 Å². The van der Waals surface area contributed by atoms with E-state index in [9.17, 15) is 19.5 Å². The summed E-state index contributed by atoms with van der Waals surface area (Å²) in [5, 5.41) is 14.9. The number of amides is 2. The molecule has 2 unspecified atom stereocenters. The highest BCUT2D eigenvalue weighted by molar-refractivity contribution is 5.86. The zero-order valence-electron chi connectivity index (χ0n) is 21.0. The van der Waals surface area contributed by atoms with Gasteiger partial charge in [-0.3, -0.25) is 4.79 Å². The van der Waals surface area contributed by atoms with Crippen LogP contribution in [0.4, 0.5) is 4.79 Å². The smallest absolute Gasteiger partial charge is 0.407 e. The minimum absolute atomic E-state index is 0.0203. The average molecular weight is 481 g/mol. The summed E-state index contributed by atoms with van der Waals surface area (Å²) in [5.74, 6) is -1.24. The Labute approximate surface area is 207 Å². The van der Waals surface area contributed by atoms with Crippen molar-refractivity contribution in [3.8, 4) is 11.1 Å². The highest BCUT2D eigenvalue weighted by Gasteiger charge is 2.33. The molecule has 3 N–H and O–H groups in total. The number of fused-ring (bicyclic) bond motifs is 3. The third-order valence-corrected chi connectivity index (χ3v) is 6.75. The number of carbonyl (C=O) groups excluding carboxylic acids is 2. The van der Waals surface area contributed by atoms with Gasteiger partial charge in [-0.05, 0) is 53.9 Å². The van der Waals surface area contributed by atoms with Crippen molar-refractivity contribution < 1.29 is 24.2 Å². The Balaban J connectivity index is 1.57. The fourth-order valence-electron chi connectivity index (χ4n) is 4.70. The summed E-state index contributed by atoms with van der Waals surface area (Å²) in [6, 6.07) is 16.3. The molecule has 0 bridgehead atoms. The Morgan fingerprint density at radius 2 is 1.60 bits per heavy atom. The van der Waals surface area contributed by atoms with E-state index in [-0.39, 0.29) is 43.7 Å². The van der Waals surface area contributed by atoms with Crippen LogP contribution in [0, 0.1) is 11.8 Å². The van der Waals surface area contributed by atoms with Crippen LogP contribution < -0.4 is 10.6 Å². The average Bonchev–Trinajstić information content (AvgIpc) is 3.14. The fraction of sp³-hybridized carbons (Fsp3) is 0.464. The normalized spacial score (nSPS) is 15.0. The van der Waals surface area contributed by atoms with Gasteiger partial charge in [-0.1, -0.05) is 69.3 Å². The van der Waals surface area contributed by atoms with Gasteiger partial charge < -0.3 is 20.5 Å². The van der Waals surface area contributed by atoms with Crippen LogP contribution in [-0.2, 0) is 14.3 Å². The third-order valence-electron chi connectivity index (χ3n) is 6.75. The molecule has 2 atom stereocenters. The Hall–Kier alpha value is -3.35. The van der Waals surface area contributed by atoms with Gasteiger partial charge in [-0.15, -0.1) is 0 Å². The Morgan fingerprint density at radius 1 is 1.03 bits per heavy atom. The number of hydrogen-bond acceptors (Lipinski definition) is 4. The number of aliphatic carboxylic acids is 1. The van der Waals surface area contributed by atoms with Crippen molar-refractivity contribution in [3.05, 3.63) is 59.7 Å². The number of nitrogens with one attached hydrogen (secondary N) is 2. The van der Waals surface area contributed by atoms with Crippen molar-refractivity contribution in [2.45, 2.75) is 58.4 Å². The monoisotopic (exact) mass is 480 g/mol. The molecule has 0 saturated carbocycles. The van der Waals surface area contributed by atoms with Gasteiger partial charge in [0.05, 0.1) is 0 Å². The summed E-state index contributed by atoms with van der Waals surface area (Å²) in [6.07, 6.45) is 0.600. The molecule has 2 aromatic rings. The molecule has 7 heteroatoms. The summed E-state index contributed by atoms with van der Waals surface area (Å²) in [7, 11) is 0. The van der Waals surface area contributed by atoms with Crippen LogP contribution >= 0.6 is 0 Å². The van der Waals surface area contributed by atoms with Gasteiger partial charge in [-0.2, -0.15) is 0 Å². The Morgan fingerprint density at radius 3 is 2.11 bits per heavy atom. The zero-order valence-corrected chi connectivity index (χ0v) is 21.0. The number of alkyl carbamates (subject to hydrolysis) is 1. The quantitative estimate of drug-likeness (QED) is 0.422. The minimum Gasteiger partial charge on any atom is -0.480 e. The summed E-state index contributed by atoms with van der Waals surface area (Å²) in [4.78, 5) is 36.6. The standard InChI is InChI=1S/C28H36N2O5/c1-5-28(4,26(32)33)30-25(31)15-19(14-18(2)3)16-29-27(34)35-17-24-22-12-8-6-10-20(22)21-11-7-9-13-23(21)24/h6-13,18-19,24H,5,14-17H2,1-4H3,(H,29,34)(H,30,31)(H,32,33). The van der Waals surface area contributed by atoms with Gasteiger partial charge in [0, 0.05) is 18.9 Å². The first-order valence-corrected chi connectivity index (χ1v) is 12.3. The van der Waals surface area contributed by atoms with Gasteiger partial charge >= 0.3 is 12.1 Å². The first-order valence-electron chi connectivity index (χ1n) is 12.3. The number of ether oxygens (including phenoxy) is 1. The predicted octanol–water partition coefficient (Wildman–Crippen LogP) is 4.95. The first-order chi connectivity index (χ1) is 16.6. The fourth-order valence-corrected chi connectivity index (χ4v) is 4.70. The highest BCUT2D eigenvalue weighted by atomic mass is 16.5. The number of hydrogen-bond donors (Lipinski definition) is 3. The van der Waals surface area contributed by atoms with Crippen molar-refractivity contribution in [2.24, 2.45) is 11.8 Å². The number of carbonyl (C=O) groups is 3.